The van der Waals surface area contributed by atoms with E-state index < -0.39 is 10.0 Å². The summed E-state index contributed by atoms with van der Waals surface area (Å²) >= 11 is 8.51. The first kappa shape index (κ1) is 20.3. The Morgan fingerprint density at radius 3 is 2.68 bits per heavy atom. The van der Waals surface area contributed by atoms with Crippen molar-refractivity contribution in [3.8, 4) is 0 Å². The SMILES string of the molecule is CC1CCc2nc(NC(=O)C3CCN(S(=O)(=O)c4ccc(Cl)s4)CC3)sc2C1. The molecule has 2 aromatic rings. The van der Waals surface area contributed by atoms with Crippen LogP contribution in [0.5, 0.6) is 0 Å². The van der Waals surface area contributed by atoms with Gasteiger partial charge in [-0.25, -0.2) is 13.4 Å². The van der Waals surface area contributed by atoms with Crippen LogP contribution in [0.3, 0.4) is 0 Å². The number of nitrogens with one attached hydrogen (secondary N) is 1. The van der Waals surface area contributed by atoms with Gasteiger partial charge in [0.25, 0.3) is 10.0 Å². The number of sulfonamides is 1. The molecule has 1 fully saturated rings. The van der Waals surface area contributed by atoms with E-state index in [1.54, 1.807) is 17.4 Å². The molecule has 1 atom stereocenters. The van der Waals surface area contributed by atoms with Gasteiger partial charge in [0.05, 0.1) is 10.0 Å². The minimum absolute atomic E-state index is 0.0599. The second-order valence-corrected chi connectivity index (χ2v) is 12.4. The molecule has 1 unspecified atom stereocenters. The van der Waals surface area contributed by atoms with Crippen molar-refractivity contribution in [2.24, 2.45) is 11.8 Å². The van der Waals surface area contributed by atoms with Crippen LogP contribution in [0, 0.1) is 11.8 Å². The van der Waals surface area contributed by atoms with Crippen LogP contribution >= 0.6 is 34.3 Å². The standard InChI is InChI=1S/C18H22ClN3O3S3/c1-11-2-3-13-14(10-11)26-18(20-13)21-17(23)12-6-8-22(9-7-12)28(24,25)16-5-4-15(19)27-16/h4-5,11-12H,2-3,6-10H2,1H3,(H,20,21,23). The van der Waals surface area contributed by atoms with Crippen molar-refractivity contribution in [1.29, 1.82) is 0 Å². The molecule has 0 spiro atoms. The Morgan fingerprint density at radius 2 is 2.00 bits per heavy atom. The van der Waals surface area contributed by atoms with E-state index in [2.05, 4.69) is 17.2 Å². The number of piperidine rings is 1. The summed E-state index contributed by atoms with van der Waals surface area (Å²) in [5.74, 6) is 0.412. The fourth-order valence-corrected chi connectivity index (χ4v) is 8.00. The Morgan fingerprint density at radius 1 is 1.25 bits per heavy atom. The zero-order valence-corrected chi connectivity index (χ0v) is 18.7. The molecule has 1 N–H and O–H groups in total. The van der Waals surface area contributed by atoms with Gasteiger partial charge in [-0.1, -0.05) is 18.5 Å². The molecule has 1 amide bonds. The number of halogens is 1. The third kappa shape index (κ3) is 4.14. The van der Waals surface area contributed by atoms with Crippen LogP contribution in [0.15, 0.2) is 16.3 Å². The van der Waals surface area contributed by atoms with Crippen molar-refractivity contribution >= 4 is 55.3 Å². The lowest BCUT2D eigenvalue weighted by atomic mass is 9.93. The third-order valence-electron chi connectivity index (χ3n) is 5.38. The molecule has 1 saturated heterocycles. The van der Waals surface area contributed by atoms with Gasteiger partial charge in [0, 0.05) is 23.9 Å². The number of aryl methyl sites for hydroxylation is 1. The highest BCUT2D eigenvalue weighted by Crippen LogP contribution is 2.33. The van der Waals surface area contributed by atoms with E-state index in [1.165, 1.54) is 15.2 Å². The number of carbonyl (C=O) groups excluding carboxylic acids is 1. The summed E-state index contributed by atoms with van der Waals surface area (Å²) in [5.41, 5.74) is 1.12. The van der Waals surface area contributed by atoms with Crippen molar-refractivity contribution < 1.29 is 13.2 Å². The molecular formula is C18H22ClN3O3S3. The molecular weight excluding hydrogens is 438 g/mol. The van der Waals surface area contributed by atoms with Crippen molar-refractivity contribution in [3.05, 3.63) is 27.0 Å². The predicted molar refractivity (Wildman–Crippen MR) is 113 cm³/mol. The summed E-state index contributed by atoms with van der Waals surface area (Å²) in [4.78, 5) is 18.5. The number of thiazole rings is 1. The van der Waals surface area contributed by atoms with Gasteiger partial charge < -0.3 is 5.32 Å². The number of nitrogens with zero attached hydrogens (tertiary/aromatic N) is 2. The molecule has 152 valence electrons. The number of aromatic nitrogens is 1. The largest absolute Gasteiger partial charge is 0.302 e. The number of fused-ring (bicyclic) bond motifs is 1. The van der Waals surface area contributed by atoms with Gasteiger partial charge in [0.1, 0.15) is 4.21 Å². The maximum absolute atomic E-state index is 12.7. The Hall–Kier alpha value is -1.000. The molecule has 0 radical (unpaired) electrons. The molecule has 0 aromatic carbocycles. The van der Waals surface area contributed by atoms with Crippen LogP contribution in [0.2, 0.25) is 4.34 Å². The number of rotatable bonds is 4. The first-order valence-corrected chi connectivity index (χ1v) is 12.8. The first-order chi connectivity index (χ1) is 13.3. The fourth-order valence-electron chi connectivity index (χ4n) is 3.72. The lowest BCUT2D eigenvalue weighted by Crippen LogP contribution is -2.41. The molecule has 1 aliphatic heterocycles. The molecule has 4 rings (SSSR count). The van der Waals surface area contributed by atoms with Gasteiger partial charge in [-0.3, -0.25) is 4.79 Å². The Kier molecular flexibility index (Phi) is 5.81. The highest BCUT2D eigenvalue weighted by Gasteiger charge is 2.33. The normalized spacial score (nSPS) is 21.4. The van der Waals surface area contributed by atoms with E-state index in [4.69, 9.17) is 11.6 Å². The summed E-state index contributed by atoms with van der Waals surface area (Å²) in [6, 6.07) is 3.12. The van der Waals surface area contributed by atoms with Crippen molar-refractivity contribution in [1.82, 2.24) is 9.29 Å². The smallest absolute Gasteiger partial charge is 0.252 e. The van der Waals surface area contributed by atoms with E-state index in [-0.39, 0.29) is 16.0 Å². The predicted octanol–water partition coefficient (Wildman–Crippen LogP) is 4.02. The Balaban J connectivity index is 1.35. The fraction of sp³-hybridized carbons (Fsp3) is 0.556. The molecule has 0 bridgehead atoms. The van der Waals surface area contributed by atoms with E-state index in [0.717, 1.165) is 36.3 Å². The van der Waals surface area contributed by atoms with Gasteiger partial charge in [-0.2, -0.15) is 4.31 Å². The van der Waals surface area contributed by atoms with E-state index in [9.17, 15) is 13.2 Å². The molecule has 28 heavy (non-hydrogen) atoms. The van der Waals surface area contributed by atoms with Crippen LogP contribution in [-0.4, -0.2) is 36.7 Å². The van der Waals surface area contributed by atoms with Crippen molar-refractivity contribution in [2.75, 3.05) is 18.4 Å². The zero-order valence-electron chi connectivity index (χ0n) is 15.5. The average Bonchev–Trinajstić information content (AvgIpc) is 3.27. The monoisotopic (exact) mass is 459 g/mol. The number of hydrogen-bond donors (Lipinski definition) is 1. The maximum atomic E-state index is 12.7. The summed E-state index contributed by atoms with van der Waals surface area (Å²) in [5, 5.41) is 3.63. The van der Waals surface area contributed by atoms with Crippen molar-refractivity contribution in [3.63, 3.8) is 0 Å². The van der Waals surface area contributed by atoms with Gasteiger partial charge in [-0.15, -0.1) is 22.7 Å². The molecule has 0 saturated carbocycles. The lowest BCUT2D eigenvalue weighted by molar-refractivity contribution is -0.120. The maximum Gasteiger partial charge on any atom is 0.252 e. The van der Waals surface area contributed by atoms with Crippen LogP contribution in [0.4, 0.5) is 5.13 Å². The lowest BCUT2D eigenvalue weighted by Gasteiger charge is -2.29. The topological polar surface area (TPSA) is 79.4 Å². The molecule has 6 nitrogen and oxygen atoms in total. The van der Waals surface area contributed by atoms with Gasteiger partial charge >= 0.3 is 0 Å². The zero-order chi connectivity index (χ0) is 19.9. The molecule has 2 aliphatic rings. The second-order valence-electron chi connectivity index (χ2n) is 7.46. The summed E-state index contributed by atoms with van der Waals surface area (Å²) in [6.45, 7) is 2.91. The van der Waals surface area contributed by atoms with E-state index >= 15 is 0 Å². The Labute approximate surface area is 178 Å². The highest BCUT2D eigenvalue weighted by molar-refractivity contribution is 7.91. The number of hydrogen-bond acceptors (Lipinski definition) is 6. The number of thiophene rings is 1. The number of amides is 1. The highest BCUT2D eigenvalue weighted by atomic mass is 35.5. The van der Waals surface area contributed by atoms with Crippen LogP contribution in [0.1, 0.15) is 36.8 Å². The first-order valence-electron chi connectivity index (χ1n) is 9.38. The summed E-state index contributed by atoms with van der Waals surface area (Å²) in [7, 11) is -3.53. The molecule has 3 heterocycles. The van der Waals surface area contributed by atoms with Crippen LogP contribution in [0.25, 0.3) is 0 Å². The van der Waals surface area contributed by atoms with E-state index in [1.807, 2.05) is 0 Å². The average molecular weight is 460 g/mol. The summed E-state index contributed by atoms with van der Waals surface area (Å²) < 4.78 is 27.5. The quantitative estimate of drug-likeness (QED) is 0.748. The number of anilines is 1. The number of carbonyl (C=O) groups is 1. The summed E-state index contributed by atoms with van der Waals surface area (Å²) in [6.07, 6.45) is 4.17. The van der Waals surface area contributed by atoms with Gasteiger partial charge in [0.2, 0.25) is 5.91 Å². The van der Waals surface area contributed by atoms with Gasteiger partial charge in [0.15, 0.2) is 5.13 Å². The minimum Gasteiger partial charge on any atom is -0.302 e. The molecule has 1 aliphatic carbocycles. The van der Waals surface area contributed by atoms with Crippen LogP contribution < -0.4 is 5.32 Å². The third-order valence-corrected chi connectivity index (χ3v) is 10.0. The van der Waals surface area contributed by atoms with E-state index in [0.29, 0.717) is 41.3 Å². The van der Waals surface area contributed by atoms with Gasteiger partial charge in [-0.05, 0) is 50.2 Å². The van der Waals surface area contributed by atoms with Crippen LogP contribution in [-0.2, 0) is 27.7 Å². The second kappa shape index (κ2) is 8.02. The molecule has 10 heteroatoms. The molecule has 2 aromatic heterocycles. The Bertz CT molecular complexity index is 977. The van der Waals surface area contributed by atoms with Crippen molar-refractivity contribution in [2.45, 2.75) is 43.2 Å². The minimum atomic E-state index is -3.53.